The molecule has 1 N–H and O–H groups in total. The third-order valence-corrected chi connectivity index (χ3v) is 5.91. The summed E-state index contributed by atoms with van der Waals surface area (Å²) < 4.78 is 4.89. The van der Waals surface area contributed by atoms with Crippen molar-refractivity contribution in [1.82, 2.24) is 14.3 Å². The Morgan fingerprint density at radius 1 is 1.27 bits per heavy atom. The number of para-hydroxylation sites is 1. The van der Waals surface area contributed by atoms with Crippen molar-refractivity contribution in [3.63, 3.8) is 0 Å². The number of nitrogens with one attached hydrogen (secondary N) is 1. The predicted octanol–water partition coefficient (Wildman–Crippen LogP) is 4.66. The number of carbonyl (C=O) groups is 1. The number of nitrogens with zero attached hydrogens (tertiary/aromatic N) is 3. The maximum Gasteiger partial charge on any atom is 0.245 e. The molecule has 0 saturated carbocycles. The van der Waals surface area contributed by atoms with Gasteiger partial charge in [0.05, 0.1) is 12.7 Å². The first-order valence-electron chi connectivity index (χ1n) is 8.19. The van der Waals surface area contributed by atoms with Crippen LogP contribution in [-0.2, 0) is 17.9 Å². The van der Waals surface area contributed by atoms with E-state index in [1.807, 2.05) is 41.1 Å². The van der Waals surface area contributed by atoms with Crippen molar-refractivity contribution in [1.29, 1.82) is 0 Å². The number of amides is 1. The van der Waals surface area contributed by atoms with Crippen molar-refractivity contribution in [2.45, 2.75) is 20.0 Å². The highest BCUT2D eigenvalue weighted by Crippen LogP contribution is 2.22. The fourth-order valence-corrected chi connectivity index (χ4v) is 4.47. The molecule has 1 aromatic carbocycles. The highest BCUT2D eigenvalue weighted by Gasteiger charge is 2.12. The van der Waals surface area contributed by atoms with E-state index >= 15 is 0 Å². The second-order valence-electron chi connectivity index (χ2n) is 6.08. The smallest absolute Gasteiger partial charge is 0.245 e. The van der Waals surface area contributed by atoms with Gasteiger partial charge in [-0.25, -0.2) is 4.68 Å². The predicted molar refractivity (Wildman–Crippen MR) is 109 cm³/mol. The van der Waals surface area contributed by atoms with Crippen LogP contribution in [0.5, 0.6) is 0 Å². The van der Waals surface area contributed by atoms with Crippen LogP contribution < -0.4 is 5.32 Å². The lowest BCUT2D eigenvalue weighted by Gasteiger charge is -2.11. The van der Waals surface area contributed by atoms with Crippen molar-refractivity contribution < 1.29 is 4.79 Å². The molecule has 0 aliphatic heterocycles. The number of fused-ring (bicyclic) bond motifs is 1. The van der Waals surface area contributed by atoms with E-state index < -0.39 is 0 Å². The summed E-state index contributed by atoms with van der Waals surface area (Å²) in [5.41, 5.74) is 2.13. The zero-order valence-electron chi connectivity index (χ0n) is 14.1. The Labute approximate surface area is 163 Å². The Hall–Kier alpha value is -2.38. The summed E-state index contributed by atoms with van der Waals surface area (Å²) in [5, 5.41) is 10.5. The molecule has 3 heterocycles. The van der Waals surface area contributed by atoms with Gasteiger partial charge in [0.25, 0.3) is 0 Å². The molecule has 0 aliphatic carbocycles. The van der Waals surface area contributed by atoms with Crippen LogP contribution in [0, 0.1) is 6.92 Å². The molecule has 7 heteroatoms. The highest BCUT2D eigenvalue weighted by atomic mass is 79.9. The molecule has 0 bridgehead atoms. The summed E-state index contributed by atoms with van der Waals surface area (Å²) in [6.07, 6.45) is 1.70. The number of rotatable bonds is 5. The van der Waals surface area contributed by atoms with Gasteiger partial charge in [0.2, 0.25) is 5.91 Å². The number of hydrogen-bond acceptors (Lipinski definition) is 3. The number of carbonyl (C=O) groups excluding carboxylic acids is 1. The van der Waals surface area contributed by atoms with Gasteiger partial charge in [-0.15, -0.1) is 11.3 Å². The number of thiophene rings is 1. The molecule has 0 radical (unpaired) electrons. The van der Waals surface area contributed by atoms with Gasteiger partial charge in [0.15, 0.2) is 0 Å². The summed E-state index contributed by atoms with van der Waals surface area (Å²) in [4.78, 5) is 13.8. The van der Waals surface area contributed by atoms with E-state index in [0.717, 1.165) is 21.1 Å². The number of anilines is 1. The molecule has 3 aromatic heterocycles. The molecule has 4 aromatic rings. The second kappa shape index (κ2) is 7.09. The lowest BCUT2D eigenvalue weighted by atomic mass is 10.2. The summed E-state index contributed by atoms with van der Waals surface area (Å²) in [5.74, 6) is 0.636. The van der Waals surface area contributed by atoms with Gasteiger partial charge >= 0.3 is 0 Å². The molecule has 1 amide bonds. The summed E-state index contributed by atoms with van der Waals surface area (Å²) >= 11 is 5.12. The Morgan fingerprint density at radius 3 is 2.92 bits per heavy atom. The monoisotopic (exact) mass is 428 g/mol. The van der Waals surface area contributed by atoms with Crippen molar-refractivity contribution in [3.05, 3.63) is 69.1 Å². The quantitative estimate of drug-likeness (QED) is 0.502. The Balaban J connectivity index is 1.50. The molecule has 0 atom stereocenters. The maximum atomic E-state index is 12.6. The van der Waals surface area contributed by atoms with Crippen molar-refractivity contribution in [2.75, 3.05) is 5.32 Å². The van der Waals surface area contributed by atoms with Crippen LogP contribution >= 0.6 is 27.3 Å². The van der Waals surface area contributed by atoms with Crippen LogP contribution in [-0.4, -0.2) is 20.3 Å². The summed E-state index contributed by atoms with van der Waals surface area (Å²) in [6, 6.07) is 14.1. The molecular weight excluding hydrogens is 412 g/mol. The van der Waals surface area contributed by atoms with E-state index in [1.165, 1.54) is 4.88 Å². The van der Waals surface area contributed by atoms with Crippen molar-refractivity contribution >= 4 is 49.9 Å². The van der Waals surface area contributed by atoms with Gasteiger partial charge in [-0.1, -0.05) is 18.2 Å². The summed E-state index contributed by atoms with van der Waals surface area (Å²) in [6.45, 7) is 2.92. The van der Waals surface area contributed by atoms with Crippen molar-refractivity contribution in [3.8, 4) is 0 Å². The zero-order valence-corrected chi connectivity index (χ0v) is 16.5. The average molecular weight is 429 g/mol. The number of benzene rings is 1. The van der Waals surface area contributed by atoms with E-state index in [1.54, 1.807) is 22.2 Å². The minimum Gasteiger partial charge on any atom is -0.335 e. The molecule has 0 fully saturated rings. The molecule has 132 valence electrons. The average Bonchev–Trinajstić information content (AvgIpc) is 3.30. The van der Waals surface area contributed by atoms with Gasteiger partial charge in [-0.05, 0) is 46.4 Å². The number of hydrogen-bond donors (Lipinski definition) is 1. The molecule has 4 rings (SSSR count). The first-order chi connectivity index (χ1) is 12.6. The van der Waals surface area contributed by atoms with E-state index in [9.17, 15) is 4.79 Å². The van der Waals surface area contributed by atoms with Gasteiger partial charge in [0.1, 0.15) is 12.4 Å². The zero-order chi connectivity index (χ0) is 18.1. The molecule has 0 aliphatic rings. The minimum absolute atomic E-state index is 0.0661. The third kappa shape index (κ3) is 3.45. The number of aryl methyl sites for hydroxylation is 1. The fourth-order valence-electron chi connectivity index (χ4n) is 3.03. The first kappa shape index (κ1) is 17.1. The number of halogens is 1. The first-order valence-corrected chi connectivity index (χ1v) is 9.87. The Kier molecular flexibility index (Phi) is 4.65. The van der Waals surface area contributed by atoms with E-state index in [0.29, 0.717) is 12.4 Å². The molecule has 0 spiro atoms. The maximum absolute atomic E-state index is 12.6. The SMILES string of the molecule is Cc1cc2ccccc2n1CC(=O)Nc1ccnn1Cc1cc(Br)cs1. The second-order valence-corrected chi connectivity index (χ2v) is 8.00. The standard InChI is InChI=1S/C19H17BrN4OS/c1-13-8-14-4-2-3-5-17(14)23(13)11-19(25)22-18-6-7-21-24(18)10-16-9-15(20)12-26-16/h2-9,12H,10-11H2,1H3,(H,22,25). The van der Waals surface area contributed by atoms with E-state index in [2.05, 4.69) is 44.5 Å². The van der Waals surface area contributed by atoms with Crippen LogP contribution in [0.2, 0.25) is 0 Å². The van der Waals surface area contributed by atoms with Crippen LogP contribution in [0.3, 0.4) is 0 Å². The van der Waals surface area contributed by atoms with Gasteiger partial charge in [0, 0.05) is 32.0 Å². The van der Waals surface area contributed by atoms with Crippen LogP contribution in [0.15, 0.2) is 58.5 Å². The fraction of sp³-hybridized carbons (Fsp3) is 0.158. The minimum atomic E-state index is -0.0661. The Bertz CT molecular complexity index is 1080. The summed E-state index contributed by atoms with van der Waals surface area (Å²) in [7, 11) is 0. The molecular formula is C19H17BrN4OS. The largest absolute Gasteiger partial charge is 0.335 e. The topological polar surface area (TPSA) is 51.9 Å². The third-order valence-electron chi connectivity index (χ3n) is 4.23. The van der Waals surface area contributed by atoms with Crippen LogP contribution in [0.4, 0.5) is 5.82 Å². The van der Waals surface area contributed by atoms with Gasteiger partial charge < -0.3 is 9.88 Å². The van der Waals surface area contributed by atoms with E-state index in [-0.39, 0.29) is 12.5 Å². The van der Waals surface area contributed by atoms with E-state index in [4.69, 9.17) is 0 Å². The van der Waals surface area contributed by atoms with Crippen molar-refractivity contribution in [2.24, 2.45) is 0 Å². The number of aromatic nitrogens is 3. The van der Waals surface area contributed by atoms with Gasteiger partial charge in [-0.2, -0.15) is 5.10 Å². The Morgan fingerprint density at radius 2 is 2.12 bits per heavy atom. The lowest BCUT2D eigenvalue weighted by Crippen LogP contribution is -2.21. The van der Waals surface area contributed by atoms with Gasteiger partial charge in [-0.3, -0.25) is 4.79 Å². The van der Waals surface area contributed by atoms with Crippen LogP contribution in [0.1, 0.15) is 10.6 Å². The molecule has 26 heavy (non-hydrogen) atoms. The lowest BCUT2D eigenvalue weighted by molar-refractivity contribution is -0.116. The highest BCUT2D eigenvalue weighted by molar-refractivity contribution is 9.10. The molecule has 0 unspecified atom stereocenters. The molecule has 5 nitrogen and oxygen atoms in total. The van der Waals surface area contributed by atoms with Crippen LogP contribution in [0.25, 0.3) is 10.9 Å². The normalized spacial score (nSPS) is 11.2. The molecule has 0 saturated heterocycles.